The van der Waals surface area contributed by atoms with E-state index in [1.807, 2.05) is 0 Å². The highest BCUT2D eigenvalue weighted by atomic mass is 14.9. The minimum absolute atomic E-state index is 0.655. The molecule has 0 saturated heterocycles. The predicted molar refractivity (Wildman–Crippen MR) is 55.1 cm³/mol. The first-order valence-electron chi connectivity index (χ1n) is 4.98. The van der Waals surface area contributed by atoms with Crippen LogP contribution in [0.5, 0.6) is 0 Å². The Morgan fingerprint density at radius 1 is 1.42 bits per heavy atom. The van der Waals surface area contributed by atoms with Gasteiger partial charge in [-0.1, -0.05) is 13.3 Å². The Labute approximate surface area is 76.9 Å². The van der Waals surface area contributed by atoms with Gasteiger partial charge in [-0.25, -0.2) is 0 Å². The van der Waals surface area contributed by atoms with Crippen LogP contribution in [0.15, 0.2) is 0 Å². The number of hydrogen-bond acceptors (Lipinski definition) is 1. The third-order valence-corrected chi connectivity index (χ3v) is 1.95. The summed E-state index contributed by atoms with van der Waals surface area (Å²) in [6, 6.07) is 0.655. The Hall–Kier alpha value is -0.480. The van der Waals surface area contributed by atoms with Crippen molar-refractivity contribution in [2.45, 2.75) is 52.0 Å². The quantitative estimate of drug-likeness (QED) is 0.454. The van der Waals surface area contributed by atoms with Crippen molar-refractivity contribution in [3.63, 3.8) is 0 Å². The third-order valence-electron chi connectivity index (χ3n) is 1.95. The SMILES string of the molecule is C#CCCCCC(C)NCCC. The summed E-state index contributed by atoms with van der Waals surface area (Å²) in [4.78, 5) is 0. The molecule has 1 N–H and O–H groups in total. The molecule has 0 saturated carbocycles. The summed E-state index contributed by atoms with van der Waals surface area (Å²) in [6.45, 7) is 5.57. The highest BCUT2D eigenvalue weighted by molar-refractivity contribution is 4.82. The molecule has 0 aromatic rings. The van der Waals surface area contributed by atoms with Gasteiger partial charge in [0.05, 0.1) is 0 Å². The summed E-state index contributed by atoms with van der Waals surface area (Å²) in [5.41, 5.74) is 0. The summed E-state index contributed by atoms with van der Waals surface area (Å²) in [5, 5.41) is 3.46. The second-order valence-corrected chi connectivity index (χ2v) is 3.31. The number of terminal acetylenes is 1. The molecule has 0 bridgehead atoms. The highest BCUT2D eigenvalue weighted by Crippen LogP contribution is 2.02. The fourth-order valence-electron chi connectivity index (χ4n) is 1.17. The molecule has 1 atom stereocenters. The Morgan fingerprint density at radius 2 is 2.17 bits per heavy atom. The second-order valence-electron chi connectivity index (χ2n) is 3.31. The lowest BCUT2D eigenvalue weighted by Gasteiger charge is -2.11. The molecule has 0 radical (unpaired) electrons. The first-order valence-corrected chi connectivity index (χ1v) is 4.98. The summed E-state index contributed by atoms with van der Waals surface area (Å²) < 4.78 is 0. The molecule has 0 rings (SSSR count). The van der Waals surface area contributed by atoms with Crippen LogP contribution in [0.25, 0.3) is 0 Å². The molecule has 1 unspecified atom stereocenters. The van der Waals surface area contributed by atoms with E-state index in [0.29, 0.717) is 6.04 Å². The van der Waals surface area contributed by atoms with Crippen LogP contribution in [0.3, 0.4) is 0 Å². The molecular formula is C11H21N. The zero-order valence-electron chi connectivity index (χ0n) is 8.40. The van der Waals surface area contributed by atoms with Crippen LogP contribution in [-0.4, -0.2) is 12.6 Å². The molecule has 0 heterocycles. The van der Waals surface area contributed by atoms with Crippen molar-refractivity contribution in [2.75, 3.05) is 6.54 Å². The van der Waals surface area contributed by atoms with E-state index in [2.05, 4.69) is 25.1 Å². The smallest absolute Gasteiger partial charge is 0.00860 e. The van der Waals surface area contributed by atoms with Crippen LogP contribution in [0.2, 0.25) is 0 Å². The Bertz CT molecular complexity index is 123. The summed E-state index contributed by atoms with van der Waals surface area (Å²) in [5.74, 6) is 2.66. The van der Waals surface area contributed by atoms with Crippen molar-refractivity contribution >= 4 is 0 Å². The van der Waals surface area contributed by atoms with Crippen LogP contribution in [0.1, 0.15) is 46.0 Å². The normalized spacial score (nSPS) is 12.4. The van der Waals surface area contributed by atoms with Crippen LogP contribution in [-0.2, 0) is 0 Å². The van der Waals surface area contributed by atoms with Crippen molar-refractivity contribution in [2.24, 2.45) is 0 Å². The van der Waals surface area contributed by atoms with E-state index in [0.717, 1.165) is 13.0 Å². The van der Waals surface area contributed by atoms with E-state index in [1.54, 1.807) is 0 Å². The minimum Gasteiger partial charge on any atom is -0.314 e. The van der Waals surface area contributed by atoms with Gasteiger partial charge in [-0.3, -0.25) is 0 Å². The van der Waals surface area contributed by atoms with Gasteiger partial charge in [-0.05, 0) is 32.7 Å². The van der Waals surface area contributed by atoms with Gasteiger partial charge < -0.3 is 5.32 Å². The highest BCUT2D eigenvalue weighted by Gasteiger charge is 1.98. The van der Waals surface area contributed by atoms with Gasteiger partial charge in [0.1, 0.15) is 0 Å². The lowest BCUT2D eigenvalue weighted by Crippen LogP contribution is -2.26. The average molecular weight is 167 g/mol. The largest absolute Gasteiger partial charge is 0.314 e. The molecule has 1 nitrogen and oxygen atoms in total. The molecule has 0 aromatic heterocycles. The maximum Gasteiger partial charge on any atom is 0.00860 e. The first-order chi connectivity index (χ1) is 5.81. The molecule has 0 fully saturated rings. The van der Waals surface area contributed by atoms with Gasteiger partial charge in [0.25, 0.3) is 0 Å². The monoisotopic (exact) mass is 167 g/mol. The third kappa shape index (κ3) is 7.63. The molecule has 12 heavy (non-hydrogen) atoms. The number of nitrogens with one attached hydrogen (secondary N) is 1. The maximum atomic E-state index is 5.16. The van der Waals surface area contributed by atoms with Gasteiger partial charge in [0.2, 0.25) is 0 Å². The molecule has 0 aliphatic heterocycles. The molecule has 0 amide bonds. The molecule has 0 aliphatic rings. The molecule has 70 valence electrons. The lowest BCUT2D eigenvalue weighted by molar-refractivity contribution is 0.491. The average Bonchev–Trinajstić information content (AvgIpc) is 2.09. The fourth-order valence-corrected chi connectivity index (χ4v) is 1.17. The van der Waals surface area contributed by atoms with Crippen LogP contribution in [0, 0.1) is 12.3 Å². The van der Waals surface area contributed by atoms with Crippen LogP contribution >= 0.6 is 0 Å². The van der Waals surface area contributed by atoms with E-state index >= 15 is 0 Å². The number of rotatable bonds is 7. The topological polar surface area (TPSA) is 12.0 Å². The standard InChI is InChI=1S/C11H21N/c1-4-6-7-8-9-11(3)12-10-5-2/h1,11-12H,5-10H2,2-3H3. The molecule has 0 spiro atoms. The van der Waals surface area contributed by atoms with E-state index in [9.17, 15) is 0 Å². The van der Waals surface area contributed by atoms with E-state index < -0.39 is 0 Å². The Balaban J connectivity index is 3.09. The Morgan fingerprint density at radius 3 is 2.75 bits per heavy atom. The second kappa shape index (κ2) is 8.62. The molecule has 1 heteroatoms. The molecule has 0 aliphatic carbocycles. The summed E-state index contributed by atoms with van der Waals surface area (Å²) in [7, 11) is 0. The van der Waals surface area contributed by atoms with E-state index in [1.165, 1.54) is 25.7 Å². The van der Waals surface area contributed by atoms with Crippen molar-refractivity contribution in [3.05, 3.63) is 0 Å². The van der Waals surface area contributed by atoms with Crippen molar-refractivity contribution < 1.29 is 0 Å². The number of unbranched alkanes of at least 4 members (excludes halogenated alkanes) is 2. The summed E-state index contributed by atoms with van der Waals surface area (Å²) in [6.07, 6.45) is 11.0. The van der Waals surface area contributed by atoms with Crippen LogP contribution in [0.4, 0.5) is 0 Å². The van der Waals surface area contributed by atoms with Crippen LogP contribution < -0.4 is 5.32 Å². The van der Waals surface area contributed by atoms with E-state index in [4.69, 9.17) is 6.42 Å². The molecule has 0 aromatic carbocycles. The van der Waals surface area contributed by atoms with Crippen molar-refractivity contribution in [1.29, 1.82) is 0 Å². The van der Waals surface area contributed by atoms with Crippen molar-refractivity contribution in [3.8, 4) is 12.3 Å². The van der Waals surface area contributed by atoms with Gasteiger partial charge >= 0.3 is 0 Å². The van der Waals surface area contributed by atoms with Gasteiger partial charge in [-0.15, -0.1) is 12.3 Å². The van der Waals surface area contributed by atoms with E-state index in [-0.39, 0.29) is 0 Å². The zero-order chi connectivity index (χ0) is 9.23. The van der Waals surface area contributed by atoms with Gasteiger partial charge in [0.15, 0.2) is 0 Å². The van der Waals surface area contributed by atoms with Crippen molar-refractivity contribution in [1.82, 2.24) is 5.32 Å². The van der Waals surface area contributed by atoms with Gasteiger partial charge in [0, 0.05) is 12.5 Å². The fraction of sp³-hybridized carbons (Fsp3) is 0.818. The lowest BCUT2D eigenvalue weighted by atomic mass is 10.1. The maximum absolute atomic E-state index is 5.16. The number of hydrogen-bond donors (Lipinski definition) is 1. The van der Waals surface area contributed by atoms with Gasteiger partial charge in [-0.2, -0.15) is 0 Å². The predicted octanol–water partition coefficient (Wildman–Crippen LogP) is 2.57. The minimum atomic E-state index is 0.655. The zero-order valence-corrected chi connectivity index (χ0v) is 8.40. The molecular weight excluding hydrogens is 146 g/mol. The summed E-state index contributed by atoms with van der Waals surface area (Å²) >= 11 is 0. The first kappa shape index (κ1) is 11.5. The Kier molecular flexibility index (Phi) is 8.27.